The van der Waals surface area contributed by atoms with Crippen molar-refractivity contribution in [2.75, 3.05) is 6.54 Å². The third-order valence-corrected chi connectivity index (χ3v) is 3.64. The molecule has 1 saturated carbocycles. The van der Waals surface area contributed by atoms with Crippen molar-refractivity contribution < 1.29 is 0 Å². The molecule has 1 aromatic heterocycles. The summed E-state index contributed by atoms with van der Waals surface area (Å²) in [6.07, 6.45) is 7.87. The number of nitrogens with zero attached hydrogens (tertiary/aromatic N) is 2. The third kappa shape index (κ3) is 4.40. The molecule has 0 amide bonds. The molecule has 0 aliphatic heterocycles. The molecule has 1 aromatic rings. The number of rotatable bonds is 6. The first-order valence-corrected chi connectivity index (χ1v) is 7.28. The lowest BCUT2D eigenvalue weighted by Gasteiger charge is -2.22. The summed E-state index contributed by atoms with van der Waals surface area (Å²) in [5, 5.41) is 0. The molecule has 2 rings (SSSR count). The SMILES string of the molecule is CC(C)CCN(Cc1cncc(Br)c1)C1CC1. The van der Waals surface area contributed by atoms with Gasteiger partial charge < -0.3 is 0 Å². The van der Waals surface area contributed by atoms with E-state index in [1.54, 1.807) is 0 Å². The monoisotopic (exact) mass is 296 g/mol. The second-order valence-electron chi connectivity index (χ2n) is 5.40. The largest absolute Gasteiger partial charge is 0.296 e. The van der Waals surface area contributed by atoms with Crippen LogP contribution in [-0.2, 0) is 6.54 Å². The Hall–Kier alpha value is -0.410. The lowest BCUT2D eigenvalue weighted by atomic mass is 10.1. The fourth-order valence-electron chi connectivity index (χ4n) is 2.03. The lowest BCUT2D eigenvalue weighted by molar-refractivity contribution is 0.239. The van der Waals surface area contributed by atoms with Gasteiger partial charge in [-0.05, 0) is 59.3 Å². The van der Waals surface area contributed by atoms with Crippen LogP contribution in [0.2, 0.25) is 0 Å². The minimum Gasteiger partial charge on any atom is -0.296 e. The fraction of sp³-hybridized carbons (Fsp3) is 0.643. The van der Waals surface area contributed by atoms with Gasteiger partial charge in [0.25, 0.3) is 0 Å². The molecule has 1 aliphatic rings. The predicted octanol–water partition coefficient (Wildman–Crippen LogP) is 3.85. The van der Waals surface area contributed by atoms with E-state index in [2.05, 4.69) is 45.7 Å². The highest BCUT2D eigenvalue weighted by Crippen LogP contribution is 2.29. The summed E-state index contributed by atoms with van der Waals surface area (Å²) < 4.78 is 1.08. The zero-order valence-corrected chi connectivity index (χ0v) is 12.3. The molecule has 3 heteroatoms. The molecular weight excluding hydrogens is 276 g/mol. The average Bonchev–Trinajstić information content (AvgIpc) is 3.07. The number of pyridine rings is 1. The Morgan fingerprint density at radius 2 is 2.18 bits per heavy atom. The van der Waals surface area contributed by atoms with Gasteiger partial charge in [-0.15, -0.1) is 0 Å². The number of hydrogen-bond acceptors (Lipinski definition) is 2. The van der Waals surface area contributed by atoms with E-state index in [4.69, 9.17) is 0 Å². The van der Waals surface area contributed by atoms with E-state index in [9.17, 15) is 0 Å². The van der Waals surface area contributed by atoms with Crippen molar-refractivity contribution in [1.82, 2.24) is 9.88 Å². The quantitative estimate of drug-likeness (QED) is 0.792. The van der Waals surface area contributed by atoms with Gasteiger partial charge in [-0.2, -0.15) is 0 Å². The van der Waals surface area contributed by atoms with Gasteiger partial charge in [-0.3, -0.25) is 9.88 Å². The van der Waals surface area contributed by atoms with Crippen molar-refractivity contribution in [2.45, 2.75) is 45.7 Å². The molecule has 0 radical (unpaired) electrons. The molecule has 1 heterocycles. The van der Waals surface area contributed by atoms with E-state index < -0.39 is 0 Å². The van der Waals surface area contributed by atoms with Crippen LogP contribution in [0, 0.1) is 5.92 Å². The van der Waals surface area contributed by atoms with Gasteiger partial charge in [-0.1, -0.05) is 13.8 Å². The molecule has 94 valence electrons. The first-order chi connectivity index (χ1) is 8.15. The van der Waals surface area contributed by atoms with Crippen LogP contribution >= 0.6 is 15.9 Å². The summed E-state index contributed by atoms with van der Waals surface area (Å²) in [5.41, 5.74) is 1.31. The number of hydrogen-bond donors (Lipinski definition) is 0. The maximum Gasteiger partial charge on any atom is 0.0410 e. The smallest absolute Gasteiger partial charge is 0.0410 e. The molecule has 0 unspecified atom stereocenters. The molecular formula is C14H21BrN2. The summed E-state index contributed by atoms with van der Waals surface area (Å²) in [7, 11) is 0. The maximum absolute atomic E-state index is 4.24. The van der Waals surface area contributed by atoms with E-state index in [0.29, 0.717) is 0 Å². The van der Waals surface area contributed by atoms with Crippen molar-refractivity contribution >= 4 is 15.9 Å². The average molecular weight is 297 g/mol. The van der Waals surface area contributed by atoms with E-state index in [0.717, 1.165) is 23.0 Å². The Balaban J connectivity index is 1.93. The van der Waals surface area contributed by atoms with Gasteiger partial charge in [0.15, 0.2) is 0 Å². The lowest BCUT2D eigenvalue weighted by Crippen LogP contribution is -2.27. The summed E-state index contributed by atoms with van der Waals surface area (Å²) in [4.78, 5) is 6.85. The fourth-order valence-corrected chi connectivity index (χ4v) is 2.44. The van der Waals surface area contributed by atoms with Crippen LogP contribution in [0.3, 0.4) is 0 Å². The topological polar surface area (TPSA) is 16.1 Å². The standard InChI is InChI=1S/C14H21BrN2/c1-11(2)5-6-17(14-3-4-14)10-12-7-13(15)9-16-8-12/h7-9,11,14H,3-6,10H2,1-2H3. The van der Waals surface area contributed by atoms with E-state index in [-0.39, 0.29) is 0 Å². The van der Waals surface area contributed by atoms with Crippen LogP contribution in [0.4, 0.5) is 0 Å². The Morgan fingerprint density at radius 1 is 1.41 bits per heavy atom. The van der Waals surface area contributed by atoms with E-state index in [1.165, 1.54) is 31.4 Å². The van der Waals surface area contributed by atoms with Gasteiger partial charge in [0.1, 0.15) is 0 Å². The van der Waals surface area contributed by atoms with Crippen LogP contribution in [-0.4, -0.2) is 22.5 Å². The van der Waals surface area contributed by atoms with Gasteiger partial charge >= 0.3 is 0 Å². The molecule has 0 aromatic carbocycles. The molecule has 1 fully saturated rings. The zero-order valence-electron chi connectivity index (χ0n) is 10.7. The summed E-state index contributed by atoms with van der Waals surface area (Å²) in [5.74, 6) is 0.789. The minimum absolute atomic E-state index is 0.789. The highest BCUT2D eigenvalue weighted by molar-refractivity contribution is 9.10. The summed E-state index contributed by atoms with van der Waals surface area (Å²) >= 11 is 3.49. The van der Waals surface area contributed by atoms with Gasteiger partial charge in [0.05, 0.1) is 0 Å². The first kappa shape index (κ1) is 13.0. The van der Waals surface area contributed by atoms with E-state index in [1.807, 2.05) is 12.4 Å². The van der Waals surface area contributed by atoms with Crippen molar-refractivity contribution in [3.63, 3.8) is 0 Å². The van der Waals surface area contributed by atoms with Gasteiger partial charge in [0, 0.05) is 29.5 Å². The summed E-state index contributed by atoms with van der Waals surface area (Å²) in [6.45, 7) is 6.86. The maximum atomic E-state index is 4.24. The van der Waals surface area contributed by atoms with Crippen molar-refractivity contribution in [3.05, 3.63) is 28.5 Å². The zero-order chi connectivity index (χ0) is 12.3. The van der Waals surface area contributed by atoms with Crippen LogP contribution in [0.25, 0.3) is 0 Å². The van der Waals surface area contributed by atoms with Crippen LogP contribution in [0.1, 0.15) is 38.7 Å². The van der Waals surface area contributed by atoms with Crippen LogP contribution in [0.5, 0.6) is 0 Å². The minimum atomic E-state index is 0.789. The molecule has 0 N–H and O–H groups in total. The first-order valence-electron chi connectivity index (χ1n) is 6.48. The highest BCUT2D eigenvalue weighted by Gasteiger charge is 2.28. The Morgan fingerprint density at radius 3 is 2.76 bits per heavy atom. The Kier molecular flexibility index (Phi) is 4.57. The van der Waals surface area contributed by atoms with Gasteiger partial charge in [-0.25, -0.2) is 0 Å². The van der Waals surface area contributed by atoms with Gasteiger partial charge in [0.2, 0.25) is 0 Å². The molecule has 0 bridgehead atoms. The molecule has 2 nitrogen and oxygen atoms in total. The second-order valence-corrected chi connectivity index (χ2v) is 6.31. The predicted molar refractivity (Wildman–Crippen MR) is 74.8 cm³/mol. The molecule has 0 saturated heterocycles. The highest BCUT2D eigenvalue weighted by atomic mass is 79.9. The Bertz CT molecular complexity index is 361. The second kappa shape index (κ2) is 5.96. The normalized spacial score (nSPS) is 15.8. The molecule has 1 aliphatic carbocycles. The number of aromatic nitrogens is 1. The Labute approximate surface area is 113 Å². The number of halogens is 1. The molecule has 0 atom stereocenters. The van der Waals surface area contributed by atoms with Crippen molar-refractivity contribution in [2.24, 2.45) is 5.92 Å². The van der Waals surface area contributed by atoms with Crippen molar-refractivity contribution in [1.29, 1.82) is 0 Å². The molecule has 0 spiro atoms. The third-order valence-electron chi connectivity index (χ3n) is 3.20. The van der Waals surface area contributed by atoms with Crippen LogP contribution < -0.4 is 0 Å². The summed E-state index contributed by atoms with van der Waals surface area (Å²) in [6, 6.07) is 3.00. The van der Waals surface area contributed by atoms with E-state index >= 15 is 0 Å². The van der Waals surface area contributed by atoms with Crippen molar-refractivity contribution in [3.8, 4) is 0 Å². The molecule has 17 heavy (non-hydrogen) atoms. The van der Waals surface area contributed by atoms with Crippen LogP contribution in [0.15, 0.2) is 22.9 Å².